The highest BCUT2D eigenvalue weighted by Crippen LogP contribution is 2.34. The highest BCUT2D eigenvalue weighted by molar-refractivity contribution is 5.79. The molecule has 108 valence electrons. The van der Waals surface area contributed by atoms with E-state index in [1.165, 1.54) is 12.8 Å². The maximum absolute atomic E-state index is 12.6. The molecule has 0 unspecified atom stereocenters. The highest BCUT2D eigenvalue weighted by Gasteiger charge is 2.35. The van der Waals surface area contributed by atoms with Crippen LogP contribution >= 0.6 is 0 Å². The lowest BCUT2D eigenvalue weighted by molar-refractivity contribution is -0.146. The fraction of sp³-hybridized carbons (Fsp3) is 0.867. The van der Waals surface area contributed by atoms with Crippen molar-refractivity contribution in [2.75, 3.05) is 6.54 Å². The minimum Gasteiger partial charge on any atom is -0.481 e. The predicted molar refractivity (Wildman–Crippen MR) is 72.7 cm³/mol. The van der Waals surface area contributed by atoms with Crippen LogP contribution in [0.25, 0.3) is 0 Å². The molecule has 2 fully saturated rings. The first-order valence-corrected chi connectivity index (χ1v) is 7.52. The van der Waals surface area contributed by atoms with E-state index >= 15 is 0 Å². The number of hydrogen-bond acceptors (Lipinski definition) is 2. The number of carbonyl (C=O) groups excluding carboxylic acids is 1. The Labute approximate surface area is 115 Å². The lowest BCUT2D eigenvalue weighted by Gasteiger charge is -2.33. The molecule has 19 heavy (non-hydrogen) atoms. The average Bonchev–Trinajstić information content (AvgIpc) is 3.19. The van der Waals surface area contributed by atoms with Crippen LogP contribution in [0.5, 0.6) is 0 Å². The molecule has 0 heterocycles. The molecule has 4 heteroatoms. The maximum Gasteiger partial charge on any atom is 0.306 e. The van der Waals surface area contributed by atoms with Crippen molar-refractivity contribution in [2.45, 2.75) is 58.4 Å². The second-order valence-electron chi connectivity index (χ2n) is 6.41. The fourth-order valence-electron chi connectivity index (χ4n) is 2.96. The van der Waals surface area contributed by atoms with Gasteiger partial charge in [-0.1, -0.05) is 0 Å². The van der Waals surface area contributed by atoms with Crippen LogP contribution in [0, 0.1) is 17.8 Å². The molecule has 2 rings (SSSR count). The average molecular weight is 267 g/mol. The summed E-state index contributed by atoms with van der Waals surface area (Å²) in [5.74, 6) is 0.0776. The van der Waals surface area contributed by atoms with Gasteiger partial charge < -0.3 is 10.0 Å². The van der Waals surface area contributed by atoms with Crippen LogP contribution in [0.15, 0.2) is 0 Å². The maximum atomic E-state index is 12.6. The summed E-state index contributed by atoms with van der Waals surface area (Å²) in [5, 5.41) is 8.99. The molecule has 0 spiro atoms. The van der Waals surface area contributed by atoms with Gasteiger partial charge in [0.2, 0.25) is 5.91 Å². The lowest BCUT2D eigenvalue weighted by atomic mass is 9.81. The number of carbonyl (C=O) groups is 2. The van der Waals surface area contributed by atoms with Crippen LogP contribution in [-0.4, -0.2) is 34.5 Å². The topological polar surface area (TPSA) is 57.6 Å². The largest absolute Gasteiger partial charge is 0.481 e. The molecule has 0 radical (unpaired) electrons. The van der Waals surface area contributed by atoms with E-state index < -0.39 is 5.97 Å². The Balaban J connectivity index is 1.89. The van der Waals surface area contributed by atoms with Crippen molar-refractivity contribution in [1.29, 1.82) is 0 Å². The van der Waals surface area contributed by atoms with Gasteiger partial charge in [-0.15, -0.1) is 0 Å². The fourth-order valence-corrected chi connectivity index (χ4v) is 2.96. The van der Waals surface area contributed by atoms with E-state index in [2.05, 4.69) is 13.8 Å². The zero-order chi connectivity index (χ0) is 14.0. The Hall–Kier alpha value is -1.06. The van der Waals surface area contributed by atoms with Crippen molar-refractivity contribution >= 4 is 11.9 Å². The van der Waals surface area contributed by atoms with E-state index in [-0.39, 0.29) is 23.8 Å². The van der Waals surface area contributed by atoms with Crippen molar-refractivity contribution in [2.24, 2.45) is 17.8 Å². The van der Waals surface area contributed by atoms with Crippen LogP contribution < -0.4 is 0 Å². The number of aliphatic carboxylic acids is 1. The highest BCUT2D eigenvalue weighted by atomic mass is 16.4. The van der Waals surface area contributed by atoms with Crippen LogP contribution in [0.1, 0.15) is 52.4 Å². The molecule has 0 aromatic rings. The molecule has 4 nitrogen and oxygen atoms in total. The summed E-state index contributed by atoms with van der Waals surface area (Å²) in [5.41, 5.74) is 0. The van der Waals surface area contributed by atoms with Gasteiger partial charge in [0.05, 0.1) is 5.92 Å². The summed E-state index contributed by atoms with van der Waals surface area (Å²) >= 11 is 0. The Morgan fingerprint density at radius 2 is 1.58 bits per heavy atom. The quantitative estimate of drug-likeness (QED) is 0.832. The lowest BCUT2D eigenvalue weighted by Crippen LogP contribution is -2.43. The molecule has 0 aromatic carbocycles. The third-order valence-electron chi connectivity index (χ3n) is 4.48. The molecule has 2 saturated carbocycles. The van der Waals surface area contributed by atoms with Gasteiger partial charge >= 0.3 is 5.97 Å². The van der Waals surface area contributed by atoms with E-state index in [1.54, 1.807) is 0 Å². The summed E-state index contributed by atoms with van der Waals surface area (Å²) in [4.78, 5) is 25.5. The Kier molecular flexibility index (Phi) is 4.48. The van der Waals surface area contributed by atoms with E-state index in [9.17, 15) is 9.59 Å². The third kappa shape index (κ3) is 3.71. The van der Waals surface area contributed by atoms with Crippen molar-refractivity contribution in [3.8, 4) is 0 Å². The molecular formula is C15H25NO3. The van der Waals surface area contributed by atoms with Gasteiger partial charge in [0.15, 0.2) is 0 Å². The third-order valence-corrected chi connectivity index (χ3v) is 4.48. The molecule has 0 aliphatic heterocycles. The van der Waals surface area contributed by atoms with E-state index in [4.69, 9.17) is 5.11 Å². The second-order valence-corrected chi connectivity index (χ2v) is 6.41. The van der Waals surface area contributed by atoms with Gasteiger partial charge in [-0.2, -0.15) is 0 Å². The first kappa shape index (κ1) is 14.4. The van der Waals surface area contributed by atoms with Gasteiger partial charge in [-0.25, -0.2) is 0 Å². The second kappa shape index (κ2) is 5.93. The Morgan fingerprint density at radius 3 is 2.00 bits per heavy atom. The number of carboxylic acid groups (broad SMARTS) is 1. The zero-order valence-electron chi connectivity index (χ0n) is 12.0. The number of amides is 1. The van der Waals surface area contributed by atoms with Crippen LogP contribution in [-0.2, 0) is 9.59 Å². The predicted octanol–water partition coefficient (Wildman–Crippen LogP) is 2.52. The molecule has 0 saturated heterocycles. The summed E-state index contributed by atoms with van der Waals surface area (Å²) in [7, 11) is 0. The van der Waals surface area contributed by atoms with E-state index in [0.29, 0.717) is 18.8 Å². The van der Waals surface area contributed by atoms with Crippen molar-refractivity contribution in [1.82, 2.24) is 4.90 Å². The van der Waals surface area contributed by atoms with Crippen molar-refractivity contribution in [3.63, 3.8) is 0 Å². The smallest absolute Gasteiger partial charge is 0.306 e. The number of carboxylic acids is 1. The molecule has 0 bridgehead atoms. The molecule has 1 N–H and O–H groups in total. The minimum atomic E-state index is -0.704. The normalized spacial score (nSPS) is 27.3. The van der Waals surface area contributed by atoms with Crippen LogP contribution in [0.4, 0.5) is 0 Å². The molecular weight excluding hydrogens is 242 g/mol. The SMILES string of the molecule is CC(C)N(CC1CC1)C(=O)C1CCC(C(=O)O)CC1. The summed E-state index contributed by atoms with van der Waals surface area (Å²) in [6.45, 7) is 5.04. The van der Waals surface area contributed by atoms with Gasteiger partial charge in [-0.3, -0.25) is 9.59 Å². The number of rotatable bonds is 5. The summed E-state index contributed by atoms with van der Waals surface area (Å²) in [6.07, 6.45) is 5.29. The van der Waals surface area contributed by atoms with Crippen molar-refractivity contribution < 1.29 is 14.7 Å². The molecule has 0 atom stereocenters. The zero-order valence-corrected chi connectivity index (χ0v) is 12.0. The summed E-state index contributed by atoms with van der Waals surface area (Å²) < 4.78 is 0. The van der Waals surface area contributed by atoms with E-state index in [0.717, 1.165) is 19.4 Å². The van der Waals surface area contributed by atoms with Gasteiger partial charge in [-0.05, 0) is 58.3 Å². The Morgan fingerprint density at radius 1 is 1.05 bits per heavy atom. The minimum absolute atomic E-state index is 0.0525. The first-order chi connectivity index (χ1) is 8.99. The molecule has 1 amide bonds. The first-order valence-electron chi connectivity index (χ1n) is 7.52. The number of hydrogen-bond donors (Lipinski definition) is 1. The number of nitrogens with zero attached hydrogens (tertiary/aromatic N) is 1. The van der Waals surface area contributed by atoms with Crippen LogP contribution in [0.2, 0.25) is 0 Å². The van der Waals surface area contributed by atoms with Gasteiger partial charge in [0, 0.05) is 18.5 Å². The monoisotopic (exact) mass is 267 g/mol. The summed E-state index contributed by atoms with van der Waals surface area (Å²) in [6, 6.07) is 0.255. The molecule has 0 aromatic heterocycles. The Bertz CT molecular complexity index is 341. The van der Waals surface area contributed by atoms with Crippen molar-refractivity contribution in [3.05, 3.63) is 0 Å². The molecule has 2 aliphatic carbocycles. The van der Waals surface area contributed by atoms with Crippen LogP contribution in [0.3, 0.4) is 0 Å². The van der Waals surface area contributed by atoms with E-state index in [1.807, 2.05) is 4.90 Å². The standard InChI is InChI=1S/C15H25NO3/c1-10(2)16(9-11-3-4-11)14(17)12-5-7-13(8-6-12)15(18)19/h10-13H,3-9H2,1-2H3,(H,18,19). The molecule has 2 aliphatic rings. The van der Waals surface area contributed by atoms with Gasteiger partial charge in [0.25, 0.3) is 0 Å². The van der Waals surface area contributed by atoms with Gasteiger partial charge in [0.1, 0.15) is 0 Å².